The lowest BCUT2D eigenvalue weighted by atomic mass is 10.1. The first-order valence-corrected chi connectivity index (χ1v) is 7.81. The summed E-state index contributed by atoms with van der Waals surface area (Å²) in [7, 11) is 3.21. The van der Waals surface area contributed by atoms with Crippen LogP contribution in [0.2, 0.25) is 0 Å². The maximum absolute atomic E-state index is 5.33. The molecule has 1 aromatic carbocycles. The van der Waals surface area contributed by atoms with Crippen LogP contribution >= 0.6 is 23.7 Å². The maximum Gasteiger partial charge on any atom is 0.211 e. The summed E-state index contributed by atoms with van der Waals surface area (Å²) in [6.45, 7) is 0. The lowest BCUT2D eigenvalue weighted by molar-refractivity contribution is 0.394. The van der Waals surface area contributed by atoms with Gasteiger partial charge in [0.2, 0.25) is 5.96 Å². The standard InChI is InChI=1S/C15H16N6O2S.ClH/c1-22-10-5-9(6-11(7-10)23-2)13-12(8-18-20-14(16)17)21-3-4-24-15(21)19-13;/h3-8H,1-2H3,(H4,16,17,20);1H/b18-8+;. The molecule has 0 aliphatic heterocycles. The second kappa shape index (κ2) is 7.86. The number of nitrogens with two attached hydrogens (primary N) is 2. The first kappa shape index (κ1) is 18.6. The van der Waals surface area contributed by atoms with Gasteiger partial charge in [0.1, 0.15) is 11.5 Å². The van der Waals surface area contributed by atoms with Crippen LogP contribution in [0.3, 0.4) is 0 Å². The molecule has 0 amide bonds. The molecule has 0 aliphatic carbocycles. The van der Waals surface area contributed by atoms with Gasteiger partial charge in [-0.2, -0.15) is 5.10 Å². The third-order valence-electron chi connectivity index (χ3n) is 3.28. The zero-order valence-corrected chi connectivity index (χ0v) is 15.2. The number of rotatable bonds is 5. The van der Waals surface area contributed by atoms with Crippen molar-refractivity contribution in [1.29, 1.82) is 0 Å². The van der Waals surface area contributed by atoms with Gasteiger partial charge in [0.15, 0.2) is 4.96 Å². The number of hydrogen-bond acceptors (Lipinski definition) is 6. The number of halogens is 1. The fraction of sp³-hybridized carbons (Fsp3) is 0.133. The first-order valence-electron chi connectivity index (χ1n) is 6.93. The molecule has 10 heteroatoms. The fourth-order valence-electron chi connectivity index (χ4n) is 2.23. The minimum Gasteiger partial charge on any atom is -0.497 e. The Balaban J connectivity index is 0.00000225. The van der Waals surface area contributed by atoms with Crippen molar-refractivity contribution in [2.75, 3.05) is 14.2 Å². The predicted molar refractivity (Wildman–Crippen MR) is 102 cm³/mol. The van der Waals surface area contributed by atoms with E-state index in [1.165, 1.54) is 11.3 Å². The number of aromatic nitrogens is 2. The molecule has 0 atom stereocenters. The molecule has 0 saturated carbocycles. The maximum atomic E-state index is 5.33. The molecular formula is C15H17ClN6O2S. The minimum absolute atomic E-state index is 0. The minimum atomic E-state index is -0.109. The van der Waals surface area contributed by atoms with Crippen LogP contribution in [-0.2, 0) is 0 Å². The molecule has 0 unspecified atom stereocenters. The quantitative estimate of drug-likeness (QED) is 0.400. The van der Waals surface area contributed by atoms with Gasteiger partial charge >= 0.3 is 0 Å². The highest BCUT2D eigenvalue weighted by atomic mass is 35.5. The van der Waals surface area contributed by atoms with Crippen LogP contribution in [0, 0.1) is 0 Å². The Morgan fingerprint density at radius 3 is 2.48 bits per heavy atom. The van der Waals surface area contributed by atoms with Crippen LogP contribution in [0.25, 0.3) is 16.2 Å². The molecule has 25 heavy (non-hydrogen) atoms. The Bertz CT molecular complexity index is 907. The van der Waals surface area contributed by atoms with Crippen LogP contribution in [-0.4, -0.2) is 35.8 Å². The van der Waals surface area contributed by atoms with Crippen LogP contribution in [0.4, 0.5) is 0 Å². The number of fused-ring (bicyclic) bond motifs is 1. The summed E-state index contributed by atoms with van der Waals surface area (Å²) in [5.74, 6) is 1.24. The van der Waals surface area contributed by atoms with Crippen molar-refractivity contribution < 1.29 is 9.47 Å². The third-order valence-corrected chi connectivity index (χ3v) is 4.03. The monoisotopic (exact) mass is 380 g/mol. The van der Waals surface area contributed by atoms with E-state index in [0.717, 1.165) is 21.9 Å². The fourth-order valence-corrected chi connectivity index (χ4v) is 2.95. The summed E-state index contributed by atoms with van der Waals surface area (Å²) in [6.07, 6.45) is 3.47. The van der Waals surface area contributed by atoms with E-state index >= 15 is 0 Å². The van der Waals surface area contributed by atoms with Crippen molar-refractivity contribution >= 4 is 40.9 Å². The molecular weight excluding hydrogens is 364 g/mol. The zero-order valence-electron chi connectivity index (χ0n) is 13.5. The second-order valence-corrected chi connectivity index (χ2v) is 5.65. The summed E-state index contributed by atoms with van der Waals surface area (Å²) in [4.78, 5) is 5.49. The second-order valence-electron chi connectivity index (χ2n) is 4.77. The van der Waals surface area contributed by atoms with Gasteiger partial charge in [-0.05, 0) is 12.1 Å². The Kier molecular flexibility index (Phi) is 5.84. The largest absolute Gasteiger partial charge is 0.497 e. The number of nitrogens with zero attached hydrogens (tertiary/aromatic N) is 4. The van der Waals surface area contributed by atoms with Gasteiger partial charge in [0, 0.05) is 23.2 Å². The van der Waals surface area contributed by atoms with E-state index in [1.54, 1.807) is 26.5 Å². The molecule has 132 valence electrons. The SMILES string of the molecule is COc1cc(OC)cc(-c2nc3sccn3c2/C=N/N=C(N)N)c1.Cl. The average molecular weight is 381 g/mol. The lowest BCUT2D eigenvalue weighted by Gasteiger charge is -2.07. The summed E-state index contributed by atoms with van der Waals surface area (Å²) in [5.41, 5.74) is 12.9. The zero-order chi connectivity index (χ0) is 17.1. The Morgan fingerprint density at radius 1 is 1.20 bits per heavy atom. The van der Waals surface area contributed by atoms with Gasteiger partial charge in [0.05, 0.1) is 31.8 Å². The molecule has 0 aliphatic rings. The van der Waals surface area contributed by atoms with Crippen LogP contribution in [0.5, 0.6) is 11.5 Å². The van der Waals surface area contributed by atoms with Crippen molar-refractivity contribution in [3.63, 3.8) is 0 Å². The molecule has 0 radical (unpaired) electrons. The molecule has 2 heterocycles. The number of thiazole rings is 1. The molecule has 0 bridgehead atoms. The highest BCUT2D eigenvalue weighted by molar-refractivity contribution is 7.15. The highest BCUT2D eigenvalue weighted by Crippen LogP contribution is 2.32. The first-order chi connectivity index (χ1) is 11.6. The van der Waals surface area contributed by atoms with Gasteiger partial charge in [-0.25, -0.2) is 4.98 Å². The topological polar surface area (TPSA) is 113 Å². The third kappa shape index (κ3) is 3.83. The van der Waals surface area contributed by atoms with E-state index in [-0.39, 0.29) is 18.4 Å². The van der Waals surface area contributed by atoms with Crippen molar-refractivity contribution in [3.05, 3.63) is 35.5 Å². The molecule has 0 saturated heterocycles. The van der Waals surface area contributed by atoms with E-state index in [0.29, 0.717) is 11.5 Å². The van der Waals surface area contributed by atoms with E-state index in [9.17, 15) is 0 Å². The van der Waals surface area contributed by atoms with Crippen molar-refractivity contribution in [2.45, 2.75) is 0 Å². The van der Waals surface area contributed by atoms with Crippen molar-refractivity contribution in [3.8, 4) is 22.8 Å². The van der Waals surface area contributed by atoms with Crippen molar-refractivity contribution in [1.82, 2.24) is 9.38 Å². The summed E-state index contributed by atoms with van der Waals surface area (Å²) in [5, 5.41) is 9.50. The Labute approximate surface area is 154 Å². The molecule has 2 aromatic heterocycles. The summed E-state index contributed by atoms with van der Waals surface area (Å²) < 4.78 is 12.6. The number of hydrogen-bond donors (Lipinski definition) is 2. The van der Waals surface area contributed by atoms with Crippen LogP contribution in [0.1, 0.15) is 5.69 Å². The highest BCUT2D eigenvalue weighted by Gasteiger charge is 2.15. The normalized spacial score (nSPS) is 10.6. The van der Waals surface area contributed by atoms with Gasteiger partial charge in [-0.3, -0.25) is 4.40 Å². The molecule has 0 fully saturated rings. The van der Waals surface area contributed by atoms with Gasteiger partial charge in [-0.1, -0.05) is 0 Å². The van der Waals surface area contributed by atoms with Crippen molar-refractivity contribution in [2.24, 2.45) is 21.7 Å². The number of guanidine groups is 1. The Hall–Kier alpha value is -2.78. The van der Waals surface area contributed by atoms with Gasteiger partial charge in [-0.15, -0.1) is 28.8 Å². The van der Waals surface area contributed by atoms with E-state index in [2.05, 4.69) is 15.2 Å². The Morgan fingerprint density at radius 2 is 1.88 bits per heavy atom. The van der Waals surface area contributed by atoms with E-state index in [4.69, 9.17) is 20.9 Å². The number of ether oxygens (including phenoxy) is 2. The molecule has 3 rings (SSSR count). The number of imidazole rings is 1. The molecule has 8 nitrogen and oxygen atoms in total. The van der Waals surface area contributed by atoms with Gasteiger partial charge in [0.25, 0.3) is 0 Å². The van der Waals surface area contributed by atoms with Gasteiger partial charge < -0.3 is 20.9 Å². The average Bonchev–Trinajstić information content (AvgIpc) is 3.16. The molecule has 3 aromatic rings. The van der Waals surface area contributed by atoms with Crippen LogP contribution in [0.15, 0.2) is 40.0 Å². The van der Waals surface area contributed by atoms with E-state index < -0.39 is 0 Å². The lowest BCUT2D eigenvalue weighted by Crippen LogP contribution is -2.21. The smallest absolute Gasteiger partial charge is 0.211 e. The summed E-state index contributed by atoms with van der Waals surface area (Å²) >= 11 is 1.52. The number of benzene rings is 1. The number of methoxy groups -OCH3 is 2. The molecule has 0 spiro atoms. The molecule has 4 N–H and O–H groups in total. The van der Waals surface area contributed by atoms with E-state index in [1.807, 2.05) is 28.1 Å². The summed E-state index contributed by atoms with van der Waals surface area (Å²) in [6, 6.07) is 5.56. The van der Waals surface area contributed by atoms with Crippen LogP contribution < -0.4 is 20.9 Å². The predicted octanol–water partition coefficient (Wildman–Crippen LogP) is 2.11.